The van der Waals surface area contributed by atoms with Gasteiger partial charge in [0.25, 0.3) is 0 Å². The van der Waals surface area contributed by atoms with Crippen molar-refractivity contribution in [3.8, 4) is 0 Å². The van der Waals surface area contributed by atoms with Crippen molar-refractivity contribution in [2.75, 3.05) is 10.6 Å². The van der Waals surface area contributed by atoms with Crippen LogP contribution in [0.3, 0.4) is 0 Å². The van der Waals surface area contributed by atoms with Crippen molar-refractivity contribution in [2.24, 2.45) is 11.1 Å². The first-order valence-electron chi connectivity index (χ1n) is 8.25. The number of nitrogens with two attached hydrogens (primary N) is 1. The highest BCUT2D eigenvalue weighted by atomic mass is 35.5. The van der Waals surface area contributed by atoms with Gasteiger partial charge in [-0.25, -0.2) is 0 Å². The first kappa shape index (κ1) is 21.0. The Morgan fingerprint density at radius 2 is 1.48 bits per heavy atom. The van der Waals surface area contributed by atoms with Gasteiger partial charge in [-0.1, -0.05) is 51.1 Å². The molecule has 0 aromatic heterocycles. The Bertz CT molecular complexity index is 666. The second-order valence-electron chi connectivity index (χ2n) is 7.19. The van der Waals surface area contributed by atoms with E-state index in [1.54, 1.807) is 0 Å². The molecular weight excluding hydrogens is 334 g/mol. The molecule has 2 aromatic rings. The molecule has 0 aliphatic carbocycles. The molecule has 0 aliphatic heterocycles. The zero-order valence-corrected chi connectivity index (χ0v) is 16.1. The summed E-state index contributed by atoms with van der Waals surface area (Å²) in [6, 6.07) is 17.6. The fraction of sp³-hybridized carbons (Fsp3) is 0.350. The van der Waals surface area contributed by atoms with Crippen LogP contribution in [0.1, 0.15) is 39.3 Å². The van der Waals surface area contributed by atoms with Crippen molar-refractivity contribution in [1.82, 2.24) is 0 Å². The highest BCUT2D eigenvalue weighted by molar-refractivity contribution is 5.95. The maximum atomic E-state index is 12.2. The fourth-order valence-corrected chi connectivity index (χ4v) is 2.34. The SMILES string of the molecule is CC(Nc1ccc(NC(=O)[C@@H](N)C(C)(C)C)cc1)c1ccccc1.Cl. The van der Waals surface area contributed by atoms with Crippen molar-refractivity contribution >= 4 is 29.7 Å². The third-order valence-electron chi connectivity index (χ3n) is 4.05. The molecule has 0 saturated heterocycles. The molecule has 1 amide bonds. The van der Waals surface area contributed by atoms with Gasteiger partial charge in [0.1, 0.15) is 0 Å². The molecule has 0 aliphatic rings. The van der Waals surface area contributed by atoms with Crippen LogP contribution in [0.2, 0.25) is 0 Å². The summed E-state index contributed by atoms with van der Waals surface area (Å²) in [4.78, 5) is 12.2. The summed E-state index contributed by atoms with van der Waals surface area (Å²) in [7, 11) is 0. The Balaban J connectivity index is 0.00000312. The average Bonchev–Trinajstić information content (AvgIpc) is 2.55. The highest BCUT2D eigenvalue weighted by Gasteiger charge is 2.27. The highest BCUT2D eigenvalue weighted by Crippen LogP contribution is 2.22. The third kappa shape index (κ3) is 6.07. The van der Waals surface area contributed by atoms with E-state index < -0.39 is 6.04 Å². The first-order valence-corrected chi connectivity index (χ1v) is 8.25. The molecule has 1 unspecified atom stereocenters. The minimum atomic E-state index is -0.548. The lowest BCUT2D eigenvalue weighted by atomic mass is 9.87. The maximum Gasteiger partial charge on any atom is 0.241 e. The summed E-state index contributed by atoms with van der Waals surface area (Å²) in [5.74, 6) is -0.166. The number of hydrogen-bond donors (Lipinski definition) is 3. The number of carbonyl (C=O) groups is 1. The zero-order chi connectivity index (χ0) is 17.7. The topological polar surface area (TPSA) is 67.1 Å². The lowest BCUT2D eigenvalue weighted by Gasteiger charge is -2.25. The van der Waals surface area contributed by atoms with Crippen LogP contribution in [0.25, 0.3) is 0 Å². The van der Waals surface area contributed by atoms with E-state index in [4.69, 9.17) is 5.73 Å². The number of amides is 1. The smallest absolute Gasteiger partial charge is 0.241 e. The molecule has 0 spiro atoms. The number of anilines is 2. The predicted molar refractivity (Wildman–Crippen MR) is 108 cm³/mol. The lowest BCUT2D eigenvalue weighted by Crippen LogP contribution is -2.45. The van der Waals surface area contributed by atoms with Crippen LogP contribution < -0.4 is 16.4 Å². The van der Waals surface area contributed by atoms with Gasteiger partial charge in [0.15, 0.2) is 0 Å². The standard InChI is InChI=1S/C20H27N3O.ClH/c1-14(15-8-6-5-7-9-15)22-16-10-12-17(13-11-16)23-19(24)18(21)20(2,3)4;/h5-14,18,22H,21H2,1-4H3,(H,23,24);1H/t14?,18-;/m1./s1. The molecule has 25 heavy (non-hydrogen) atoms. The van der Waals surface area contributed by atoms with Gasteiger partial charge in [-0.3, -0.25) is 4.79 Å². The summed E-state index contributed by atoms with van der Waals surface area (Å²) in [5.41, 5.74) is 8.69. The molecule has 5 heteroatoms. The van der Waals surface area contributed by atoms with E-state index in [1.807, 2.05) is 63.2 Å². The molecule has 2 atom stereocenters. The minimum Gasteiger partial charge on any atom is -0.379 e. The summed E-state index contributed by atoms with van der Waals surface area (Å²) in [6.07, 6.45) is 0. The molecule has 0 radical (unpaired) electrons. The molecule has 4 nitrogen and oxygen atoms in total. The maximum absolute atomic E-state index is 12.2. The van der Waals surface area contributed by atoms with E-state index in [1.165, 1.54) is 5.56 Å². The fourth-order valence-electron chi connectivity index (χ4n) is 2.34. The number of hydrogen-bond acceptors (Lipinski definition) is 3. The normalized spacial score (nSPS) is 13.3. The van der Waals surface area contributed by atoms with E-state index in [2.05, 4.69) is 29.7 Å². The van der Waals surface area contributed by atoms with E-state index in [-0.39, 0.29) is 29.8 Å². The molecule has 0 bridgehead atoms. The van der Waals surface area contributed by atoms with Crippen molar-refractivity contribution < 1.29 is 4.79 Å². The van der Waals surface area contributed by atoms with Crippen LogP contribution in [0.15, 0.2) is 54.6 Å². The van der Waals surface area contributed by atoms with Gasteiger partial charge < -0.3 is 16.4 Å². The van der Waals surface area contributed by atoms with E-state index in [9.17, 15) is 4.79 Å². The van der Waals surface area contributed by atoms with Crippen molar-refractivity contribution in [1.29, 1.82) is 0 Å². The Labute approximate surface area is 156 Å². The van der Waals surface area contributed by atoms with Crippen molar-refractivity contribution in [3.05, 3.63) is 60.2 Å². The number of carbonyl (C=O) groups excluding carboxylic acids is 1. The molecule has 0 heterocycles. The third-order valence-corrected chi connectivity index (χ3v) is 4.05. The molecule has 136 valence electrons. The van der Waals surface area contributed by atoms with Crippen molar-refractivity contribution in [2.45, 2.75) is 39.8 Å². The molecule has 2 rings (SSSR count). The molecule has 0 saturated carbocycles. The second kappa shape index (κ2) is 8.88. The molecular formula is C20H28ClN3O. The average molecular weight is 362 g/mol. The summed E-state index contributed by atoms with van der Waals surface area (Å²) in [6.45, 7) is 7.98. The van der Waals surface area contributed by atoms with Gasteiger partial charge >= 0.3 is 0 Å². The minimum absolute atomic E-state index is 0. The first-order chi connectivity index (χ1) is 11.3. The van der Waals surface area contributed by atoms with Crippen molar-refractivity contribution in [3.63, 3.8) is 0 Å². The van der Waals surface area contributed by atoms with E-state index in [0.717, 1.165) is 11.4 Å². The summed E-state index contributed by atoms with van der Waals surface area (Å²) < 4.78 is 0. The van der Waals surface area contributed by atoms with Gasteiger partial charge in [0.05, 0.1) is 6.04 Å². The number of nitrogens with one attached hydrogen (secondary N) is 2. The van der Waals surface area contributed by atoms with Crippen LogP contribution in [0.4, 0.5) is 11.4 Å². The Hall–Kier alpha value is -2.04. The molecule has 2 aromatic carbocycles. The Morgan fingerprint density at radius 3 is 2.00 bits per heavy atom. The monoisotopic (exact) mass is 361 g/mol. The second-order valence-corrected chi connectivity index (χ2v) is 7.19. The van der Waals surface area contributed by atoms with Gasteiger partial charge in [0.2, 0.25) is 5.91 Å². The van der Waals surface area contributed by atoms with Gasteiger partial charge in [-0.05, 0) is 42.2 Å². The van der Waals surface area contributed by atoms with Gasteiger partial charge in [-0.2, -0.15) is 0 Å². The lowest BCUT2D eigenvalue weighted by molar-refractivity contribution is -0.119. The number of rotatable bonds is 5. The molecule has 0 fully saturated rings. The Morgan fingerprint density at radius 1 is 0.960 bits per heavy atom. The number of benzene rings is 2. The van der Waals surface area contributed by atoms with E-state index in [0.29, 0.717) is 0 Å². The van der Waals surface area contributed by atoms with Gasteiger partial charge in [0, 0.05) is 17.4 Å². The quantitative estimate of drug-likeness (QED) is 0.729. The largest absolute Gasteiger partial charge is 0.379 e. The van der Waals surface area contributed by atoms with Crippen LogP contribution in [-0.4, -0.2) is 11.9 Å². The number of halogens is 1. The summed E-state index contributed by atoms with van der Waals surface area (Å²) in [5, 5.41) is 6.32. The van der Waals surface area contributed by atoms with Crippen LogP contribution in [-0.2, 0) is 4.79 Å². The van der Waals surface area contributed by atoms with Crippen LogP contribution in [0.5, 0.6) is 0 Å². The van der Waals surface area contributed by atoms with E-state index >= 15 is 0 Å². The van der Waals surface area contributed by atoms with Crippen LogP contribution >= 0.6 is 12.4 Å². The molecule has 4 N–H and O–H groups in total. The van der Waals surface area contributed by atoms with Crippen LogP contribution in [0, 0.1) is 5.41 Å². The Kier molecular flexibility index (Phi) is 7.46. The van der Waals surface area contributed by atoms with Gasteiger partial charge in [-0.15, -0.1) is 12.4 Å². The predicted octanol–water partition coefficient (Wildman–Crippen LogP) is 4.59. The zero-order valence-electron chi connectivity index (χ0n) is 15.2. The summed E-state index contributed by atoms with van der Waals surface area (Å²) >= 11 is 0.